The van der Waals surface area contributed by atoms with Crippen LogP contribution in [-0.4, -0.2) is 11.7 Å². The fourth-order valence-corrected chi connectivity index (χ4v) is 4.66. The van der Waals surface area contributed by atoms with Crippen LogP contribution in [0.3, 0.4) is 0 Å². The Morgan fingerprint density at radius 2 is 1.19 bits per heavy atom. The largest absolute Gasteiger partial charge is 0.457 e. The van der Waals surface area contributed by atoms with E-state index in [4.69, 9.17) is 13.8 Å². The van der Waals surface area contributed by atoms with Gasteiger partial charge in [-0.1, -0.05) is 66.7 Å². The van der Waals surface area contributed by atoms with E-state index in [1.54, 1.807) is 93.6 Å². The topological polar surface area (TPSA) is 73.9 Å². The van der Waals surface area contributed by atoms with Crippen LogP contribution < -0.4 is 14.4 Å². The van der Waals surface area contributed by atoms with Gasteiger partial charge < -0.3 is 19.1 Å². The first-order valence-electron chi connectivity index (χ1n) is 9.89. The van der Waals surface area contributed by atoms with Gasteiger partial charge in [-0.05, 0) is 50.6 Å². The van der Waals surface area contributed by atoms with Gasteiger partial charge >= 0.3 is 13.7 Å². The van der Waals surface area contributed by atoms with Gasteiger partial charge in [-0.25, -0.2) is 9.36 Å². The van der Waals surface area contributed by atoms with Crippen LogP contribution in [0, 0.1) is 0 Å². The van der Waals surface area contributed by atoms with E-state index >= 15 is 0 Å². The van der Waals surface area contributed by atoms with E-state index in [-0.39, 0.29) is 0 Å². The highest BCUT2D eigenvalue weighted by Crippen LogP contribution is 2.59. The molecule has 0 saturated heterocycles. The molecule has 1 amide bonds. The summed E-state index contributed by atoms with van der Waals surface area (Å²) in [6.45, 7) is 5.26. The molecule has 0 aliphatic rings. The minimum atomic E-state index is -4.03. The Hall–Kier alpha value is -3.24. The van der Waals surface area contributed by atoms with Crippen molar-refractivity contribution in [2.45, 2.75) is 32.2 Å². The molecule has 1 N–H and O–H groups in total. The molecular formula is C24H26NO5P. The van der Waals surface area contributed by atoms with Crippen LogP contribution in [0.25, 0.3) is 0 Å². The summed E-state index contributed by atoms with van der Waals surface area (Å²) >= 11 is 0. The highest BCUT2D eigenvalue weighted by molar-refractivity contribution is 7.55. The monoisotopic (exact) mass is 439 g/mol. The lowest BCUT2D eigenvalue weighted by molar-refractivity contribution is 0.0514. The van der Waals surface area contributed by atoms with E-state index in [0.29, 0.717) is 17.1 Å². The number of carbonyl (C=O) groups is 1. The number of carbonyl (C=O) groups excluding carboxylic acids is 1. The minimum absolute atomic E-state index is 0.355. The van der Waals surface area contributed by atoms with Crippen molar-refractivity contribution in [1.82, 2.24) is 5.32 Å². The molecule has 1 atom stereocenters. The average molecular weight is 439 g/mol. The average Bonchev–Trinajstić information content (AvgIpc) is 2.73. The summed E-state index contributed by atoms with van der Waals surface area (Å²) in [5.41, 5.74) is -0.167. The molecule has 0 fully saturated rings. The van der Waals surface area contributed by atoms with Crippen LogP contribution in [-0.2, 0) is 9.30 Å². The zero-order valence-electron chi connectivity index (χ0n) is 17.7. The van der Waals surface area contributed by atoms with Crippen molar-refractivity contribution in [3.8, 4) is 11.5 Å². The number of alkyl carbamates (subject to hydrolysis) is 1. The molecule has 0 aliphatic carbocycles. The molecule has 0 radical (unpaired) electrons. The van der Waals surface area contributed by atoms with Gasteiger partial charge in [-0.15, -0.1) is 0 Å². The molecule has 1 unspecified atom stereocenters. The summed E-state index contributed by atoms with van der Waals surface area (Å²) in [6, 6.07) is 26.3. The smallest absolute Gasteiger partial charge is 0.444 e. The highest BCUT2D eigenvalue weighted by atomic mass is 31.2. The van der Waals surface area contributed by atoms with Crippen LogP contribution in [0.4, 0.5) is 4.79 Å². The predicted molar refractivity (Wildman–Crippen MR) is 120 cm³/mol. The van der Waals surface area contributed by atoms with Crippen molar-refractivity contribution < 1.29 is 23.1 Å². The zero-order chi connectivity index (χ0) is 22.3. The summed E-state index contributed by atoms with van der Waals surface area (Å²) in [6.07, 6.45) is -0.727. The Morgan fingerprint density at radius 1 is 0.774 bits per heavy atom. The lowest BCUT2D eigenvalue weighted by Gasteiger charge is -2.29. The molecule has 3 aromatic rings. The third-order valence-corrected chi connectivity index (χ3v) is 6.03. The SMILES string of the molecule is CC(C)(C)OC(=O)NC(c1ccccc1)P(=O)(Oc1ccccc1)Oc1ccccc1. The molecule has 0 aliphatic heterocycles. The maximum atomic E-state index is 14.2. The van der Waals surface area contributed by atoms with E-state index in [0.717, 1.165) is 0 Å². The zero-order valence-corrected chi connectivity index (χ0v) is 18.6. The number of hydrogen-bond donors (Lipinski definition) is 1. The lowest BCUT2D eigenvalue weighted by atomic mass is 10.2. The van der Waals surface area contributed by atoms with E-state index in [1.165, 1.54) is 0 Å². The molecule has 0 saturated carbocycles. The number of rotatable bonds is 7. The maximum Gasteiger partial charge on any atom is 0.457 e. The van der Waals surface area contributed by atoms with Gasteiger partial charge in [-0.2, -0.15) is 0 Å². The summed E-state index contributed by atoms with van der Waals surface area (Å²) in [4.78, 5) is 12.6. The van der Waals surface area contributed by atoms with Gasteiger partial charge in [0.2, 0.25) is 0 Å². The van der Waals surface area contributed by atoms with E-state index in [9.17, 15) is 9.36 Å². The number of hydrogen-bond acceptors (Lipinski definition) is 5. The second-order valence-electron chi connectivity index (χ2n) is 7.81. The molecular weight excluding hydrogens is 413 g/mol. The molecule has 3 rings (SSSR count). The summed E-state index contributed by atoms with van der Waals surface area (Å²) < 4.78 is 31.5. The van der Waals surface area contributed by atoms with Crippen LogP contribution >= 0.6 is 7.60 Å². The van der Waals surface area contributed by atoms with Crippen molar-refractivity contribution in [3.63, 3.8) is 0 Å². The summed E-state index contributed by atoms with van der Waals surface area (Å²) in [5.74, 6) is -0.397. The Labute approximate surface area is 182 Å². The first kappa shape index (κ1) is 22.4. The number of amides is 1. The van der Waals surface area contributed by atoms with Crippen molar-refractivity contribution in [2.24, 2.45) is 0 Å². The molecule has 0 aromatic heterocycles. The Kier molecular flexibility index (Phi) is 7.03. The maximum absolute atomic E-state index is 14.2. The Bertz CT molecular complexity index is 975. The van der Waals surface area contributed by atoms with Gasteiger partial charge in [0, 0.05) is 0 Å². The number of ether oxygens (including phenoxy) is 1. The van der Waals surface area contributed by atoms with E-state index in [2.05, 4.69) is 5.32 Å². The first-order chi connectivity index (χ1) is 14.8. The van der Waals surface area contributed by atoms with E-state index in [1.807, 2.05) is 18.2 Å². The fraction of sp³-hybridized carbons (Fsp3) is 0.208. The van der Waals surface area contributed by atoms with Crippen molar-refractivity contribution in [2.75, 3.05) is 0 Å². The van der Waals surface area contributed by atoms with Gasteiger partial charge in [0.25, 0.3) is 0 Å². The lowest BCUT2D eigenvalue weighted by Crippen LogP contribution is -2.36. The van der Waals surface area contributed by atoms with Gasteiger partial charge in [0.15, 0.2) is 5.78 Å². The van der Waals surface area contributed by atoms with Crippen molar-refractivity contribution in [3.05, 3.63) is 96.6 Å². The molecule has 0 spiro atoms. The second-order valence-corrected chi connectivity index (χ2v) is 9.77. The molecule has 31 heavy (non-hydrogen) atoms. The third kappa shape index (κ3) is 6.63. The molecule has 162 valence electrons. The molecule has 3 aromatic carbocycles. The van der Waals surface area contributed by atoms with Gasteiger partial charge in [0.05, 0.1) is 0 Å². The molecule has 6 nitrogen and oxygen atoms in total. The molecule has 0 heterocycles. The number of para-hydroxylation sites is 2. The van der Waals surface area contributed by atoms with Gasteiger partial charge in [-0.3, -0.25) is 0 Å². The highest BCUT2D eigenvalue weighted by Gasteiger charge is 2.42. The van der Waals surface area contributed by atoms with Crippen LogP contribution in [0.2, 0.25) is 0 Å². The van der Waals surface area contributed by atoms with Crippen molar-refractivity contribution >= 4 is 13.7 Å². The fourth-order valence-electron chi connectivity index (χ4n) is 2.78. The normalized spacial score (nSPS) is 12.5. The number of benzene rings is 3. The Morgan fingerprint density at radius 3 is 1.61 bits per heavy atom. The second kappa shape index (κ2) is 9.71. The van der Waals surface area contributed by atoms with E-state index < -0.39 is 25.1 Å². The van der Waals surface area contributed by atoms with Crippen LogP contribution in [0.15, 0.2) is 91.0 Å². The quantitative estimate of drug-likeness (QED) is 0.422. The number of nitrogens with one attached hydrogen (secondary N) is 1. The predicted octanol–water partition coefficient (Wildman–Crippen LogP) is 6.56. The Balaban J connectivity index is 2.03. The van der Waals surface area contributed by atoms with Gasteiger partial charge in [0.1, 0.15) is 17.1 Å². The summed E-state index contributed by atoms with van der Waals surface area (Å²) in [7, 11) is -4.03. The molecule has 7 heteroatoms. The standard InChI is InChI=1S/C24H26NO5P/c1-24(2,3)28-23(26)25-22(19-13-7-4-8-14-19)31(27,29-20-15-9-5-10-16-20)30-21-17-11-6-12-18-21/h4-18,22H,1-3H3,(H,25,26). The minimum Gasteiger partial charge on any atom is -0.444 e. The van der Waals surface area contributed by atoms with Crippen LogP contribution in [0.1, 0.15) is 32.1 Å². The summed E-state index contributed by atoms with van der Waals surface area (Å²) in [5, 5.41) is 2.70. The van der Waals surface area contributed by atoms with Crippen molar-refractivity contribution in [1.29, 1.82) is 0 Å². The first-order valence-corrected chi connectivity index (χ1v) is 11.5. The molecule has 0 bridgehead atoms. The van der Waals surface area contributed by atoms with Crippen LogP contribution in [0.5, 0.6) is 11.5 Å². The third-order valence-electron chi connectivity index (χ3n) is 4.04.